The van der Waals surface area contributed by atoms with Gasteiger partial charge in [0.2, 0.25) is 0 Å². The molecule has 1 aromatic rings. The highest BCUT2D eigenvalue weighted by atomic mass is 35.5. The minimum atomic E-state index is -0.595. The van der Waals surface area contributed by atoms with Gasteiger partial charge in [-0.25, -0.2) is 4.79 Å². The van der Waals surface area contributed by atoms with Crippen molar-refractivity contribution in [3.63, 3.8) is 0 Å². The number of nitriles is 1. The zero-order valence-corrected chi connectivity index (χ0v) is 19.7. The van der Waals surface area contributed by atoms with Crippen LogP contribution in [0.2, 0.25) is 0 Å². The number of carbonyl (C=O) groups is 1. The normalized spacial score (nSPS) is 14.9. The van der Waals surface area contributed by atoms with E-state index >= 15 is 0 Å². The van der Waals surface area contributed by atoms with Crippen LogP contribution in [0.3, 0.4) is 0 Å². The van der Waals surface area contributed by atoms with E-state index in [1.54, 1.807) is 12.0 Å². The molecule has 0 spiro atoms. The van der Waals surface area contributed by atoms with Crippen LogP contribution in [0.5, 0.6) is 5.75 Å². The maximum absolute atomic E-state index is 12.7. The van der Waals surface area contributed by atoms with E-state index in [-0.39, 0.29) is 12.5 Å². The Hall–Kier alpha value is -2.17. The van der Waals surface area contributed by atoms with Gasteiger partial charge in [-0.05, 0) is 57.0 Å². The lowest BCUT2D eigenvalue weighted by Crippen LogP contribution is -2.35. The van der Waals surface area contributed by atoms with Crippen LogP contribution in [-0.4, -0.2) is 42.8 Å². The van der Waals surface area contributed by atoms with Crippen molar-refractivity contribution in [3.8, 4) is 11.8 Å². The maximum Gasteiger partial charge on any atom is 0.411 e. The monoisotopic (exact) mass is 438 g/mol. The molecule has 0 fully saturated rings. The molecule has 0 bridgehead atoms. The van der Waals surface area contributed by atoms with Crippen LogP contribution >= 0.6 is 11.6 Å². The molecule has 0 aromatic heterocycles. The van der Waals surface area contributed by atoms with Crippen molar-refractivity contribution in [2.45, 2.75) is 65.6 Å². The average molecular weight is 439 g/mol. The first kappa shape index (κ1) is 25.9. The predicted molar refractivity (Wildman–Crippen MR) is 121 cm³/mol. The second-order valence-corrected chi connectivity index (χ2v) is 8.01. The van der Waals surface area contributed by atoms with E-state index in [0.29, 0.717) is 24.8 Å². The number of fused-ring (bicyclic) bond motifs is 1. The molecule has 1 aromatic carbocycles. The zero-order valence-electron chi connectivity index (χ0n) is 19.0. The molecule has 1 heterocycles. The number of hydrogen-bond acceptors (Lipinski definition) is 6. The number of halogens is 1. The number of carbonyl (C=O) groups excluding carboxylic acids is 1. The lowest BCUT2D eigenvalue weighted by Gasteiger charge is -2.27. The largest absolute Gasteiger partial charge is 0.495 e. The number of methoxy groups -OCH3 is 1. The number of hydrogen-bond donors (Lipinski definition) is 2. The molecular formula is C22H35ClN4O3. The molecule has 168 valence electrons. The number of rotatable bonds is 8. The van der Waals surface area contributed by atoms with Gasteiger partial charge in [-0.1, -0.05) is 13.8 Å². The quantitative estimate of drug-likeness (QED) is 0.337. The van der Waals surface area contributed by atoms with Gasteiger partial charge >= 0.3 is 6.09 Å². The number of benzene rings is 1. The molecule has 1 amide bonds. The first-order chi connectivity index (χ1) is 14.3. The van der Waals surface area contributed by atoms with Gasteiger partial charge in [0.15, 0.2) is 0 Å². The third-order valence-corrected chi connectivity index (χ3v) is 4.61. The summed E-state index contributed by atoms with van der Waals surface area (Å²) in [5.74, 6) is 1.29. The van der Waals surface area contributed by atoms with Crippen molar-refractivity contribution in [1.29, 1.82) is 5.26 Å². The first-order valence-corrected chi connectivity index (χ1v) is 10.9. The Morgan fingerprint density at radius 2 is 2.07 bits per heavy atom. The van der Waals surface area contributed by atoms with Gasteiger partial charge in [0.25, 0.3) is 0 Å². The summed E-state index contributed by atoms with van der Waals surface area (Å²) >= 11 is 5.68. The highest BCUT2D eigenvalue weighted by Crippen LogP contribution is 2.41. The summed E-state index contributed by atoms with van der Waals surface area (Å²) in [5, 5.41) is 15.8. The number of alkyl halides is 1. The second-order valence-electron chi connectivity index (χ2n) is 7.63. The Labute approximate surface area is 185 Å². The Balaban J connectivity index is 0.00000218. The second kappa shape index (κ2) is 12.5. The summed E-state index contributed by atoms with van der Waals surface area (Å²) in [6, 6.07) is 5.71. The third kappa shape index (κ3) is 7.26. The van der Waals surface area contributed by atoms with Gasteiger partial charge < -0.3 is 20.1 Å². The standard InChI is InChI=1S/C20H29ClN4O3.C2H6/c1-20(2,3)28-19(26)25-12-14-10-16(24-13-23-9-5-7-21)18(27-4)11-15(14)17(25)6-8-22;1-2/h10-11,17,23-24H,5-7,9,12-13H2,1-4H3;1-2H3. The highest BCUT2D eigenvalue weighted by molar-refractivity contribution is 6.17. The van der Waals surface area contributed by atoms with Crippen LogP contribution in [0.25, 0.3) is 0 Å². The molecule has 8 heteroatoms. The minimum Gasteiger partial charge on any atom is -0.495 e. The summed E-state index contributed by atoms with van der Waals surface area (Å²) in [7, 11) is 1.60. The van der Waals surface area contributed by atoms with Crippen LogP contribution in [-0.2, 0) is 11.3 Å². The van der Waals surface area contributed by atoms with Crippen LogP contribution in [0.1, 0.15) is 64.6 Å². The molecule has 0 saturated carbocycles. The lowest BCUT2D eigenvalue weighted by molar-refractivity contribution is 0.0175. The Kier molecular flexibility index (Phi) is 10.8. The van der Waals surface area contributed by atoms with Gasteiger partial charge in [0, 0.05) is 5.88 Å². The van der Waals surface area contributed by atoms with Crippen LogP contribution < -0.4 is 15.4 Å². The molecule has 30 heavy (non-hydrogen) atoms. The molecule has 1 aliphatic rings. The smallest absolute Gasteiger partial charge is 0.411 e. The molecule has 1 atom stereocenters. The van der Waals surface area contributed by atoms with E-state index in [4.69, 9.17) is 21.1 Å². The van der Waals surface area contributed by atoms with Crippen molar-refractivity contribution >= 4 is 23.4 Å². The molecule has 1 aliphatic heterocycles. The number of ether oxygens (including phenoxy) is 2. The summed E-state index contributed by atoms with van der Waals surface area (Å²) < 4.78 is 11.1. The van der Waals surface area contributed by atoms with Crippen molar-refractivity contribution in [2.75, 3.05) is 31.5 Å². The van der Waals surface area contributed by atoms with E-state index < -0.39 is 11.7 Å². The minimum absolute atomic E-state index is 0.197. The Bertz CT molecular complexity index is 728. The fourth-order valence-corrected chi connectivity index (χ4v) is 3.25. The summed E-state index contributed by atoms with van der Waals surface area (Å²) in [6.07, 6.45) is 0.674. The van der Waals surface area contributed by atoms with Crippen molar-refractivity contribution in [1.82, 2.24) is 10.2 Å². The van der Waals surface area contributed by atoms with E-state index in [1.165, 1.54) is 0 Å². The fraction of sp³-hybridized carbons (Fsp3) is 0.636. The van der Waals surface area contributed by atoms with Gasteiger partial charge in [-0.15, -0.1) is 11.6 Å². The number of anilines is 1. The predicted octanol–water partition coefficient (Wildman–Crippen LogP) is 5.01. The van der Waals surface area contributed by atoms with E-state index in [1.807, 2.05) is 46.8 Å². The summed E-state index contributed by atoms with van der Waals surface area (Å²) in [6.45, 7) is 11.3. The van der Waals surface area contributed by atoms with Gasteiger partial charge in [-0.3, -0.25) is 4.90 Å². The van der Waals surface area contributed by atoms with Gasteiger partial charge in [0.05, 0.1) is 44.5 Å². The molecule has 2 rings (SSSR count). The molecule has 0 aliphatic carbocycles. The van der Waals surface area contributed by atoms with Gasteiger partial charge in [0.1, 0.15) is 11.4 Å². The fourth-order valence-electron chi connectivity index (χ4n) is 3.11. The topological polar surface area (TPSA) is 86.6 Å². The molecule has 0 radical (unpaired) electrons. The average Bonchev–Trinajstić information content (AvgIpc) is 3.05. The molecule has 1 unspecified atom stereocenters. The SMILES string of the molecule is CC.COc1cc2c(cc1NCNCCCCl)CN(C(=O)OC(C)(C)C)C2CC#N. The molecule has 0 saturated heterocycles. The van der Waals surface area contributed by atoms with E-state index in [2.05, 4.69) is 16.7 Å². The lowest BCUT2D eigenvalue weighted by atomic mass is 10.0. The van der Waals surface area contributed by atoms with Crippen molar-refractivity contribution in [3.05, 3.63) is 23.3 Å². The maximum atomic E-state index is 12.7. The van der Waals surface area contributed by atoms with Crippen LogP contribution in [0, 0.1) is 11.3 Å². The Morgan fingerprint density at radius 3 is 2.63 bits per heavy atom. The van der Waals surface area contributed by atoms with Crippen molar-refractivity contribution < 1.29 is 14.3 Å². The van der Waals surface area contributed by atoms with Gasteiger partial charge in [-0.2, -0.15) is 5.26 Å². The molecule has 2 N–H and O–H groups in total. The molecular weight excluding hydrogens is 404 g/mol. The van der Waals surface area contributed by atoms with Crippen LogP contribution in [0.4, 0.5) is 10.5 Å². The molecule has 7 nitrogen and oxygen atoms in total. The van der Waals surface area contributed by atoms with E-state index in [9.17, 15) is 10.1 Å². The summed E-state index contributed by atoms with van der Waals surface area (Å²) in [4.78, 5) is 14.3. The zero-order chi connectivity index (χ0) is 22.7. The number of amides is 1. The summed E-state index contributed by atoms with van der Waals surface area (Å²) in [5.41, 5.74) is 2.14. The van der Waals surface area contributed by atoms with Crippen molar-refractivity contribution in [2.24, 2.45) is 0 Å². The number of nitrogens with one attached hydrogen (secondary N) is 2. The highest BCUT2D eigenvalue weighted by Gasteiger charge is 2.37. The number of nitrogens with zero attached hydrogens (tertiary/aromatic N) is 2. The third-order valence-electron chi connectivity index (χ3n) is 4.34. The Morgan fingerprint density at radius 1 is 1.37 bits per heavy atom. The first-order valence-electron chi connectivity index (χ1n) is 10.4. The van der Waals surface area contributed by atoms with E-state index in [0.717, 1.165) is 29.8 Å². The van der Waals surface area contributed by atoms with Crippen LogP contribution in [0.15, 0.2) is 12.1 Å².